The maximum Gasteiger partial charge on any atom is 0.220 e. The Labute approximate surface area is 109 Å². The molecule has 1 saturated heterocycles. The zero-order valence-electron chi connectivity index (χ0n) is 11.3. The molecular formula is C15H21NO2. The van der Waals surface area contributed by atoms with Gasteiger partial charge in [0.1, 0.15) is 5.75 Å². The van der Waals surface area contributed by atoms with Crippen molar-refractivity contribution < 1.29 is 9.53 Å². The van der Waals surface area contributed by atoms with Crippen molar-refractivity contribution in [3.05, 3.63) is 29.8 Å². The van der Waals surface area contributed by atoms with Crippen molar-refractivity contribution in [1.29, 1.82) is 0 Å². The van der Waals surface area contributed by atoms with Gasteiger partial charge in [-0.1, -0.05) is 26.0 Å². The number of amides is 1. The quantitative estimate of drug-likeness (QED) is 0.888. The predicted molar refractivity (Wildman–Crippen MR) is 71.6 cm³/mol. The van der Waals surface area contributed by atoms with Gasteiger partial charge in [-0.05, 0) is 30.5 Å². The normalized spacial score (nSPS) is 27.1. The molecule has 1 aromatic rings. The first kappa shape index (κ1) is 12.9. The summed E-state index contributed by atoms with van der Waals surface area (Å²) in [5.74, 6) is 1.05. The SMILES string of the molecule is CCC1NC(=O)CC1(C)Cc1ccc(OC)cc1. The summed E-state index contributed by atoms with van der Waals surface area (Å²) >= 11 is 0. The minimum Gasteiger partial charge on any atom is -0.497 e. The van der Waals surface area contributed by atoms with Crippen molar-refractivity contribution in [2.24, 2.45) is 5.41 Å². The van der Waals surface area contributed by atoms with Gasteiger partial charge >= 0.3 is 0 Å². The largest absolute Gasteiger partial charge is 0.497 e. The molecule has 0 bridgehead atoms. The Morgan fingerprint density at radius 3 is 2.61 bits per heavy atom. The fourth-order valence-corrected chi connectivity index (χ4v) is 2.90. The zero-order chi connectivity index (χ0) is 13.2. The molecule has 1 N–H and O–H groups in total. The summed E-state index contributed by atoms with van der Waals surface area (Å²) in [5.41, 5.74) is 1.29. The number of hydrogen-bond acceptors (Lipinski definition) is 2. The van der Waals surface area contributed by atoms with E-state index in [4.69, 9.17) is 4.74 Å². The van der Waals surface area contributed by atoms with E-state index in [9.17, 15) is 4.79 Å². The van der Waals surface area contributed by atoms with E-state index in [2.05, 4.69) is 31.3 Å². The van der Waals surface area contributed by atoms with Gasteiger partial charge in [0.05, 0.1) is 7.11 Å². The summed E-state index contributed by atoms with van der Waals surface area (Å²) < 4.78 is 5.16. The van der Waals surface area contributed by atoms with Crippen molar-refractivity contribution in [3.63, 3.8) is 0 Å². The molecule has 1 aliphatic heterocycles. The van der Waals surface area contributed by atoms with Gasteiger partial charge < -0.3 is 10.1 Å². The van der Waals surface area contributed by atoms with E-state index in [-0.39, 0.29) is 17.4 Å². The Hall–Kier alpha value is -1.51. The predicted octanol–water partition coefficient (Wildman–Crippen LogP) is 2.54. The van der Waals surface area contributed by atoms with Crippen LogP contribution >= 0.6 is 0 Å². The van der Waals surface area contributed by atoms with Crippen LogP contribution in [0.25, 0.3) is 0 Å². The molecule has 1 aromatic carbocycles. The topological polar surface area (TPSA) is 38.3 Å². The summed E-state index contributed by atoms with van der Waals surface area (Å²) in [6.45, 7) is 4.33. The maximum atomic E-state index is 11.6. The smallest absolute Gasteiger partial charge is 0.220 e. The van der Waals surface area contributed by atoms with Crippen LogP contribution in [-0.4, -0.2) is 19.1 Å². The highest BCUT2D eigenvalue weighted by Crippen LogP contribution is 2.36. The molecule has 0 saturated carbocycles. The van der Waals surface area contributed by atoms with Crippen LogP contribution in [0.2, 0.25) is 0 Å². The van der Waals surface area contributed by atoms with Gasteiger partial charge in [0.15, 0.2) is 0 Å². The van der Waals surface area contributed by atoms with Crippen LogP contribution in [0.15, 0.2) is 24.3 Å². The first-order chi connectivity index (χ1) is 8.57. The van der Waals surface area contributed by atoms with E-state index < -0.39 is 0 Å². The molecule has 1 aliphatic rings. The lowest BCUT2D eigenvalue weighted by molar-refractivity contribution is -0.119. The second kappa shape index (κ2) is 5.01. The third-order valence-electron chi connectivity index (χ3n) is 3.92. The number of nitrogens with one attached hydrogen (secondary N) is 1. The molecule has 0 aliphatic carbocycles. The molecule has 0 aromatic heterocycles. The Morgan fingerprint density at radius 2 is 2.06 bits per heavy atom. The lowest BCUT2D eigenvalue weighted by Gasteiger charge is -2.29. The summed E-state index contributed by atoms with van der Waals surface area (Å²) in [5, 5.41) is 3.07. The Kier molecular flexibility index (Phi) is 3.60. The molecule has 1 fully saturated rings. The fraction of sp³-hybridized carbons (Fsp3) is 0.533. The van der Waals surface area contributed by atoms with Gasteiger partial charge in [-0.2, -0.15) is 0 Å². The highest BCUT2D eigenvalue weighted by Gasteiger charge is 2.41. The lowest BCUT2D eigenvalue weighted by atomic mass is 9.76. The molecule has 2 unspecified atom stereocenters. The van der Waals surface area contributed by atoms with Crippen LogP contribution in [0.1, 0.15) is 32.3 Å². The highest BCUT2D eigenvalue weighted by atomic mass is 16.5. The van der Waals surface area contributed by atoms with Gasteiger partial charge in [-0.25, -0.2) is 0 Å². The second-order valence-electron chi connectivity index (χ2n) is 5.38. The van der Waals surface area contributed by atoms with Crippen molar-refractivity contribution in [1.82, 2.24) is 5.32 Å². The molecule has 2 rings (SSSR count). The minimum absolute atomic E-state index is 0.0282. The van der Waals surface area contributed by atoms with Crippen LogP contribution in [0.3, 0.4) is 0 Å². The van der Waals surface area contributed by atoms with Crippen LogP contribution in [0.4, 0.5) is 0 Å². The third-order valence-corrected chi connectivity index (χ3v) is 3.92. The standard InChI is InChI=1S/C15H21NO2/c1-4-13-15(2,10-14(17)16-13)9-11-5-7-12(18-3)8-6-11/h5-8,13H,4,9-10H2,1-3H3,(H,16,17). The third kappa shape index (κ3) is 2.50. The molecule has 2 atom stereocenters. The summed E-state index contributed by atoms with van der Waals surface area (Å²) in [6.07, 6.45) is 2.53. The van der Waals surface area contributed by atoms with Gasteiger partial charge in [0.2, 0.25) is 5.91 Å². The zero-order valence-corrected chi connectivity index (χ0v) is 11.3. The van der Waals surface area contributed by atoms with Crippen molar-refractivity contribution >= 4 is 5.91 Å². The van der Waals surface area contributed by atoms with E-state index in [1.54, 1.807) is 7.11 Å². The van der Waals surface area contributed by atoms with Crippen LogP contribution in [-0.2, 0) is 11.2 Å². The summed E-state index contributed by atoms with van der Waals surface area (Å²) in [6, 6.07) is 8.40. The number of rotatable bonds is 4. The van der Waals surface area contributed by atoms with Crippen molar-refractivity contribution in [2.75, 3.05) is 7.11 Å². The Morgan fingerprint density at radius 1 is 1.39 bits per heavy atom. The average Bonchev–Trinajstić information content (AvgIpc) is 2.64. The van der Waals surface area contributed by atoms with Gasteiger partial charge in [0, 0.05) is 17.9 Å². The van der Waals surface area contributed by atoms with Crippen molar-refractivity contribution in [2.45, 2.75) is 39.2 Å². The molecule has 0 radical (unpaired) electrons. The monoisotopic (exact) mass is 247 g/mol. The van der Waals surface area contributed by atoms with Gasteiger partial charge in [-0.3, -0.25) is 4.79 Å². The Balaban J connectivity index is 2.13. The van der Waals surface area contributed by atoms with E-state index in [1.807, 2.05) is 12.1 Å². The molecule has 1 amide bonds. The number of benzene rings is 1. The number of ether oxygens (including phenoxy) is 1. The van der Waals surface area contributed by atoms with Gasteiger partial charge in [0.25, 0.3) is 0 Å². The second-order valence-corrected chi connectivity index (χ2v) is 5.38. The first-order valence-electron chi connectivity index (χ1n) is 6.49. The molecular weight excluding hydrogens is 226 g/mol. The average molecular weight is 247 g/mol. The molecule has 3 heteroatoms. The first-order valence-corrected chi connectivity index (χ1v) is 6.49. The summed E-state index contributed by atoms with van der Waals surface area (Å²) in [4.78, 5) is 11.6. The molecule has 98 valence electrons. The van der Waals surface area contributed by atoms with Gasteiger partial charge in [-0.15, -0.1) is 0 Å². The van der Waals surface area contributed by atoms with Crippen LogP contribution in [0, 0.1) is 5.41 Å². The fourth-order valence-electron chi connectivity index (χ4n) is 2.90. The molecule has 3 nitrogen and oxygen atoms in total. The van der Waals surface area contributed by atoms with E-state index in [0.717, 1.165) is 18.6 Å². The summed E-state index contributed by atoms with van der Waals surface area (Å²) in [7, 11) is 1.67. The highest BCUT2D eigenvalue weighted by molar-refractivity contribution is 5.80. The minimum atomic E-state index is 0.0282. The number of carbonyl (C=O) groups excluding carboxylic acids is 1. The van der Waals surface area contributed by atoms with Crippen molar-refractivity contribution in [3.8, 4) is 5.75 Å². The number of hydrogen-bond donors (Lipinski definition) is 1. The molecule has 1 heterocycles. The number of methoxy groups -OCH3 is 1. The Bertz CT molecular complexity index is 427. The van der Waals surface area contributed by atoms with E-state index in [1.165, 1.54) is 5.56 Å². The van der Waals surface area contributed by atoms with Crippen LogP contribution in [0.5, 0.6) is 5.75 Å². The maximum absolute atomic E-state index is 11.6. The molecule has 18 heavy (non-hydrogen) atoms. The molecule has 0 spiro atoms. The number of carbonyl (C=O) groups is 1. The van der Waals surface area contributed by atoms with E-state index >= 15 is 0 Å². The lowest BCUT2D eigenvalue weighted by Crippen LogP contribution is -2.36. The van der Waals surface area contributed by atoms with E-state index in [0.29, 0.717) is 6.42 Å². The van der Waals surface area contributed by atoms with Crippen LogP contribution < -0.4 is 10.1 Å².